The van der Waals surface area contributed by atoms with Gasteiger partial charge in [0.2, 0.25) is 0 Å². The van der Waals surface area contributed by atoms with Crippen LogP contribution < -0.4 is 14.8 Å². The van der Waals surface area contributed by atoms with Gasteiger partial charge in [-0.15, -0.1) is 0 Å². The van der Waals surface area contributed by atoms with Gasteiger partial charge in [-0.25, -0.2) is 0 Å². The molecule has 0 saturated heterocycles. The number of amides is 1. The SMILES string of the molecule is COc1ccc(/C=C(/C(=O)Nc2ccc(OC(C)C)cc2)c2ccccc2)cc1. The van der Waals surface area contributed by atoms with E-state index < -0.39 is 0 Å². The fraction of sp³-hybridized carbons (Fsp3) is 0.160. The summed E-state index contributed by atoms with van der Waals surface area (Å²) in [7, 11) is 1.63. The maximum absolute atomic E-state index is 13.1. The Kier molecular flexibility index (Phi) is 6.69. The molecule has 4 nitrogen and oxygen atoms in total. The molecule has 0 atom stereocenters. The van der Waals surface area contributed by atoms with Gasteiger partial charge >= 0.3 is 0 Å². The Hall–Kier alpha value is -3.53. The highest BCUT2D eigenvalue weighted by molar-refractivity contribution is 6.29. The quantitative estimate of drug-likeness (QED) is 0.420. The van der Waals surface area contributed by atoms with Gasteiger partial charge in [-0.3, -0.25) is 4.79 Å². The Balaban J connectivity index is 1.85. The van der Waals surface area contributed by atoms with Crippen molar-refractivity contribution in [3.8, 4) is 11.5 Å². The average molecular weight is 387 g/mol. The van der Waals surface area contributed by atoms with Gasteiger partial charge < -0.3 is 14.8 Å². The molecule has 0 heterocycles. The predicted molar refractivity (Wildman–Crippen MR) is 118 cm³/mol. The van der Waals surface area contributed by atoms with Crippen molar-refractivity contribution in [3.05, 3.63) is 90.0 Å². The van der Waals surface area contributed by atoms with Crippen molar-refractivity contribution in [3.63, 3.8) is 0 Å². The zero-order valence-corrected chi connectivity index (χ0v) is 16.9. The number of methoxy groups -OCH3 is 1. The first-order valence-corrected chi connectivity index (χ1v) is 9.54. The van der Waals surface area contributed by atoms with Crippen molar-refractivity contribution in [1.29, 1.82) is 0 Å². The molecule has 0 bridgehead atoms. The van der Waals surface area contributed by atoms with Crippen LogP contribution in [0.4, 0.5) is 5.69 Å². The summed E-state index contributed by atoms with van der Waals surface area (Å²) in [5.41, 5.74) is 3.06. The summed E-state index contributed by atoms with van der Waals surface area (Å²) in [6.45, 7) is 3.96. The largest absolute Gasteiger partial charge is 0.497 e. The highest BCUT2D eigenvalue weighted by Gasteiger charge is 2.13. The smallest absolute Gasteiger partial charge is 0.256 e. The van der Waals surface area contributed by atoms with Crippen LogP contribution in [-0.2, 0) is 4.79 Å². The van der Waals surface area contributed by atoms with E-state index in [4.69, 9.17) is 9.47 Å². The van der Waals surface area contributed by atoms with Gasteiger partial charge in [-0.05, 0) is 67.4 Å². The van der Waals surface area contributed by atoms with E-state index in [0.717, 1.165) is 22.6 Å². The monoisotopic (exact) mass is 387 g/mol. The summed E-state index contributed by atoms with van der Waals surface area (Å²) in [6, 6.07) is 24.6. The van der Waals surface area contributed by atoms with Crippen LogP contribution in [0.3, 0.4) is 0 Å². The Labute approximate surface area is 171 Å². The van der Waals surface area contributed by atoms with Crippen LogP contribution in [0.1, 0.15) is 25.0 Å². The lowest BCUT2D eigenvalue weighted by Crippen LogP contribution is -2.13. The molecule has 29 heavy (non-hydrogen) atoms. The van der Waals surface area contributed by atoms with Gasteiger partial charge in [0.05, 0.1) is 13.2 Å². The lowest BCUT2D eigenvalue weighted by Gasteiger charge is -2.12. The molecule has 0 aliphatic carbocycles. The molecule has 148 valence electrons. The van der Waals surface area contributed by atoms with Crippen molar-refractivity contribution in [2.24, 2.45) is 0 Å². The summed E-state index contributed by atoms with van der Waals surface area (Å²) in [5.74, 6) is 1.37. The van der Waals surface area contributed by atoms with E-state index in [0.29, 0.717) is 11.3 Å². The van der Waals surface area contributed by atoms with Gasteiger partial charge in [-0.1, -0.05) is 42.5 Å². The maximum atomic E-state index is 13.1. The molecule has 0 aromatic heterocycles. The molecule has 0 fully saturated rings. The van der Waals surface area contributed by atoms with Crippen molar-refractivity contribution < 1.29 is 14.3 Å². The zero-order valence-electron chi connectivity index (χ0n) is 16.9. The number of benzene rings is 3. The van der Waals surface area contributed by atoms with Crippen LogP contribution in [0.5, 0.6) is 11.5 Å². The predicted octanol–water partition coefficient (Wildman–Crippen LogP) is 5.66. The number of rotatable bonds is 7. The molecule has 1 N–H and O–H groups in total. The van der Waals surface area contributed by atoms with E-state index >= 15 is 0 Å². The first-order chi connectivity index (χ1) is 14.0. The number of carbonyl (C=O) groups excluding carboxylic acids is 1. The minimum absolute atomic E-state index is 0.104. The summed E-state index contributed by atoms with van der Waals surface area (Å²) in [6.07, 6.45) is 1.98. The molecule has 0 saturated carbocycles. The van der Waals surface area contributed by atoms with Crippen LogP contribution >= 0.6 is 0 Å². The van der Waals surface area contributed by atoms with Gasteiger partial charge in [0.15, 0.2) is 0 Å². The van der Waals surface area contributed by atoms with Crippen LogP contribution in [0.2, 0.25) is 0 Å². The maximum Gasteiger partial charge on any atom is 0.256 e. The van der Waals surface area contributed by atoms with Crippen LogP contribution in [0.15, 0.2) is 78.9 Å². The second-order valence-corrected chi connectivity index (χ2v) is 6.84. The second kappa shape index (κ2) is 9.60. The topological polar surface area (TPSA) is 47.6 Å². The first-order valence-electron chi connectivity index (χ1n) is 9.54. The first kappa shape index (κ1) is 20.2. The standard InChI is InChI=1S/C25H25NO3/c1-18(2)29-23-15-11-21(12-16-23)26-25(27)24(20-7-5-4-6-8-20)17-19-9-13-22(28-3)14-10-19/h4-18H,1-3H3,(H,26,27)/b24-17+. The van der Waals surface area contributed by atoms with Gasteiger partial charge in [0, 0.05) is 11.3 Å². The molecule has 0 spiro atoms. The van der Waals surface area contributed by atoms with Crippen molar-refractivity contribution in [1.82, 2.24) is 0 Å². The highest BCUT2D eigenvalue weighted by Crippen LogP contribution is 2.23. The molecular weight excluding hydrogens is 362 g/mol. The van der Waals surface area contributed by atoms with E-state index in [2.05, 4.69) is 5.32 Å². The Morgan fingerprint density at radius 2 is 1.48 bits per heavy atom. The second-order valence-electron chi connectivity index (χ2n) is 6.84. The van der Waals surface area contributed by atoms with Crippen molar-refractivity contribution in [2.75, 3.05) is 12.4 Å². The minimum atomic E-state index is -0.176. The number of ether oxygens (including phenoxy) is 2. The molecule has 0 unspecified atom stereocenters. The number of carbonyl (C=O) groups is 1. The fourth-order valence-corrected chi connectivity index (χ4v) is 2.85. The molecule has 4 heteroatoms. The molecule has 0 aliphatic rings. The van der Waals surface area contributed by atoms with E-state index in [9.17, 15) is 4.79 Å². The highest BCUT2D eigenvalue weighted by atomic mass is 16.5. The van der Waals surface area contributed by atoms with E-state index in [1.807, 2.05) is 98.8 Å². The number of nitrogens with one attached hydrogen (secondary N) is 1. The third kappa shape index (κ3) is 5.72. The van der Waals surface area contributed by atoms with E-state index in [-0.39, 0.29) is 12.0 Å². The third-order valence-electron chi connectivity index (χ3n) is 4.24. The lowest BCUT2D eigenvalue weighted by molar-refractivity contribution is -0.111. The molecule has 3 rings (SSSR count). The molecule has 1 amide bonds. The molecule has 0 radical (unpaired) electrons. The number of hydrogen-bond acceptors (Lipinski definition) is 3. The summed E-state index contributed by atoms with van der Waals surface area (Å²) < 4.78 is 10.9. The molecule has 0 aliphatic heterocycles. The Morgan fingerprint density at radius 3 is 2.07 bits per heavy atom. The minimum Gasteiger partial charge on any atom is -0.497 e. The van der Waals surface area contributed by atoms with Gasteiger partial charge in [-0.2, -0.15) is 0 Å². The summed E-state index contributed by atoms with van der Waals surface area (Å²) in [5, 5.41) is 2.98. The zero-order chi connectivity index (χ0) is 20.6. The summed E-state index contributed by atoms with van der Waals surface area (Å²) >= 11 is 0. The lowest BCUT2D eigenvalue weighted by atomic mass is 10.0. The Morgan fingerprint density at radius 1 is 0.862 bits per heavy atom. The van der Waals surface area contributed by atoms with Gasteiger partial charge in [0.1, 0.15) is 11.5 Å². The van der Waals surface area contributed by atoms with Crippen LogP contribution in [0, 0.1) is 0 Å². The van der Waals surface area contributed by atoms with Crippen molar-refractivity contribution in [2.45, 2.75) is 20.0 Å². The fourth-order valence-electron chi connectivity index (χ4n) is 2.85. The Bertz CT molecular complexity index is 959. The van der Waals surface area contributed by atoms with Crippen molar-refractivity contribution >= 4 is 23.2 Å². The normalized spacial score (nSPS) is 11.2. The van der Waals surface area contributed by atoms with E-state index in [1.165, 1.54) is 0 Å². The molecular formula is C25H25NO3. The van der Waals surface area contributed by atoms with E-state index in [1.54, 1.807) is 7.11 Å². The number of anilines is 1. The van der Waals surface area contributed by atoms with Gasteiger partial charge in [0.25, 0.3) is 5.91 Å². The van der Waals surface area contributed by atoms with Crippen LogP contribution in [-0.4, -0.2) is 19.1 Å². The number of hydrogen-bond donors (Lipinski definition) is 1. The third-order valence-corrected chi connectivity index (χ3v) is 4.24. The molecule has 3 aromatic rings. The average Bonchev–Trinajstić information content (AvgIpc) is 2.74. The summed E-state index contributed by atoms with van der Waals surface area (Å²) in [4.78, 5) is 13.1. The molecule has 3 aromatic carbocycles. The van der Waals surface area contributed by atoms with Crippen LogP contribution in [0.25, 0.3) is 11.6 Å².